The molecule has 0 heterocycles. The molecule has 0 radical (unpaired) electrons. The fraction of sp³-hybridized carbons (Fsp3) is 0.435. The van der Waals surface area contributed by atoms with Crippen molar-refractivity contribution in [2.45, 2.75) is 33.1 Å². The fourth-order valence-corrected chi connectivity index (χ4v) is 3.17. The van der Waals surface area contributed by atoms with Gasteiger partial charge in [-0.15, -0.1) is 0 Å². The Hall–Kier alpha value is -2.57. The van der Waals surface area contributed by atoms with E-state index in [1.807, 2.05) is 80.3 Å². The SMILES string of the molecule is CCOC(CN(CC(=O)NC(C)c1ccccc1OC)c1ccccc1)OCC. The number of hydrogen-bond donors (Lipinski definition) is 1. The van der Waals surface area contributed by atoms with Gasteiger partial charge in [0.05, 0.1) is 26.2 Å². The van der Waals surface area contributed by atoms with E-state index in [0.29, 0.717) is 19.8 Å². The van der Waals surface area contributed by atoms with Gasteiger partial charge in [0.2, 0.25) is 5.91 Å². The third-order valence-electron chi connectivity index (χ3n) is 4.51. The topological polar surface area (TPSA) is 60.0 Å². The number of carbonyl (C=O) groups excluding carboxylic acids is 1. The van der Waals surface area contributed by atoms with Crippen LogP contribution in [-0.4, -0.2) is 45.6 Å². The molecule has 0 aliphatic rings. The molecule has 2 aromatic rings. The molecule has 2 aromatic carbocycles. The molecule has 2 rings (SSSR count). The average Bonchev–Trinajstić information content (AvgIpc) is 2.74. The van der Waals surface area contributed by atoms with Crippen LogP contribution in [0.5, 0.6) is 5.75 Å². The number of hydrogen-bond acceptors (Lipinski definition) is 5. The van der Waals surface area contributed by atoms with Gasteiger partial charge in [-0.2, -0.15) is 0 Å². The smallest absolute Gasteiger partial charge is 0.239 e. The molecule has 0 aliphatic heterocycles. The van der Waals surface area contributed by atoms with Crippen LogP contribution in [0.1, 0.15) is 32.4 Å². The van der Waals surface area contributed by atoms with Crippen LogP contribution in [0.25, 0.3) is 0 Å². The van der Waals surface area contributed by atoms with Crippen molar-refractivity contribution < 1.29 is 19.0 Å². The lowest BCUT2D eigenvalue weighted by Crippen LogP contribution is -2.43. The van der Waals surface area contributed by atoms with Crippen LogP contribution in [0.2, 0.25) is 0 Å². The summed E-state index contributed by atoms with van der Waals surface area (Å²) in [5.74, 6) is 0.673. The highest BCUT2D eigenvalue weighted by molar-refractivity contribution is 5.81. The second-order valence-corrected chi connectivity index (χ2v) is 6.59. The summed E-state index contributed by atoms with van der Waals surface area (Å²) in [6.07, 6.45) is -0.398. The number of nitrogens with zero attached hydrogens (tertiary/aromatic N) is 1. The standard InChI is InChI=1S/C23H32N2O4/c1-5-28-23(29-6-2)17-25(19-12-8-7-9-13-19)16-22(26)24-18(3)20-14-10-11-15-21(20)27-4/h7-15,18,23H,5-6,16-17H2,1-4H3,(H,24,26). The maximum atomic E-state index is 12.8. The van der Waals surface area contributed by atoms with Crippen LogP contribution in [-0.2, 0) is 14.3 Å². The van der Waals surface area contributed by atoms with Crippen molar-refractivity contribution in [3.05, 3.63) is 60.2 Å². The first-order chi connectivity index (χ1) is 14.1. The monoisotopic (exact) mass is 400 g/mol. The molecule has 0 fully saturated rings. The van der Waals surface area contributed by atoms with Crippen molar-refractivity contribution in [1.29, 1.82) is 0 Å². The number of para-hydroxylation sites is 2. The summed E-state index contributed by atoms with van der Waals surface area (Å²) >= 11 is 0. The minimum absolute atomic E-state index is 0.0843. The summed E-state index contributed by atoms with van der Waals surface area (Å²) in [5.41, 5.74) is 1.88. The largest absolute Gasteiger partial charge is 0.496 e. The number of methoxy groups -OCH3 is 1. The van der Waals surface area contributed by atoms with Crippen LogP contribution < -0.4 is 15.0 Å². The number of carbonyl (C=O) groups is 1. The van der Waals surface area contributed by atoms with Crippen molar-refractivity contribution in [2.24, 2.45) is 0 Å². The van der Waals surface area contributed by atoms with Crippen LogP contribution in [0, 0.1) is 0 Å². The molecular formula is C23H32N2O4. The summed E-state index contributed by atoms with van der Waals surface area (Å²) in [4.78, 5) is 14.8. The minimum atomic E-state index is -0.398. The summed E-state index contributed by atoms with van der Waals surface area (Å²) < 4.78 is 16.8. The van der Waals surface area contributed by atoms with Gasteiger partial charge in [-0.25, -0.2) is 0 Å². The third kappa shape index (κ3) is 7.07. The molecule has 6 heteroatoms. The number of rotatable bonds is 12. The number of nitrogens with one attached hydrogen (secondary N) is 1. The zero-order chi connectivity index (χ0) is 21.1. The molecular weight excluding hydrogens is 368 g/mol. The van der Waals surface area contributed by atoms with Gasteiger partial charge >= 0.3 is 0 Å². The lowest BCUT2D eigenvalue weighted by molar-refractivity contribution is -0.130. The second kappa shape index (κ2) is 12.1. The lowest BCUT2D eigenvalue weighted by Gasteiger charge is -2.29. The zero-order valence-electron chi connectivity index (χ0n) is 17.8. The number of benzene rings is 2. The molecule has 1 atom stereocenters. The molecule has 0 saturated heterocycles. The number of ether oxygens (including phenoxy) is 3. The Labute approximate surface area is 173 Å². The van der Waals surface area contributed by atoms with E-state index in [4.69, 9.17) is 14.2 Å². The van der Waals surface area contributed by atoms with Crippen molar-refractivity contribution in [3.63, 3.8) is 0 Å². The lowest BCUT2D eigenvalue weighted by atomic mass is 10.1. The molecule has 0 aliphatic carbocycles. The van der Waals surface area contributed by atoms with E-state index in [1.54, 1.807) is 7.11 Å². The van der Waals surface area contributed by atoms with Crippen LogP contribution >= 0.6 is 0 Å². The van der Waals surface area contributed by atoms with Gasteiger partial charge in [0.25, 0.3) is 0 Å². The summed E-state index contributed by atoms with van der Waals surface area (Å²) in [7, 11) is 1.63. The van der Waals surface area contributed by atoms with Crippen molar-refractivity contribution in [3.8, 4) is 5.75 Å². The highest BCUT2D eigenvalue weighted by atomic mass is 16.7. The molecule has 29 heavy (non-hydrogen) atoms. The Morgan fingerprint density at radius 2 is 1.62 bits per heavy atom. The Bertz CT molecular complexity index is 733. The van der Waals surface area contributed by atoms with Crippen molar-refractivity contribution in [1.82, 2.24) is 5.32 Å². The molecule has 1 unspecified atom stereocenters. The molecule has 6 nitrogen and oxygen atoms in total. The fourth-order valence-electron chi connectivity index (χ4n) is 3.17. The Morgan fingerprint density at radius 3 is 2.24 bits per heavy atom. The van der Waals surface area contributed by atoms with Crippen molar-refractivity contribution >= 4 is 11.6 Å². The van der Waals surface area contributed by atoms with Gasteiger partial charge in [0.1, 0.15) is 5.75 Å². The third-order valence-corrected chi connectivity index (χ3v) is 4.51. The maximum absolute atomic E-state index is 12.8. The molecule has 0 saturated carbocycles. The van der Waals surface area contributed by atoms with E-state index in [-0.39, 0.29) is 18.5 Å². The molecule has 0 aromatic heterocycles. The maximum Gasteiger partial charge on any atom is 0.239 e. The molecule has 1 amide bonds. The van der Waals surface area contributed by atoms with Gasteiger partial charge in [0, 0.05) is 24.5 Å². The molecule has 1 N–H and O–H groups in total. The summed E-state index contributed by atoms with van der Waals surface area (Å²) in [6.45, 7) is 7.56. The van der Waals surface area contributed by atoms with Gasteiger partial charge in [-0.3, -0.25) is 4.79 Å². The molecule has 158 valence electrons. The Kier molecular flexibility index (Phi) is 9.47. The zero-order valence-corrected chi connectivity index (χ0v) is 17.8. The highest BCUT2D eigenvalue weighted by Gasteiger charge is 2.20. The van der Waals surface area contributed by atoms with E-state index in [1.165, 1.54) is 0 Å². The highest BCUT2D eigenvalue weighted by Crippen LogP contribution is 2.24. The van der Waals surface area contributed by atoms with Crippen LogP contribution in [0.4, 0.5) is 5.69 Å². The summed E-state index contributed by atoms with van der Waals surface area (Å²) in [6, 6.07) is 17.3. The van der Waals surface area contributed by atoms with E-state index >= 15 is 0 Å². The van der Waals surface area contributed by atoms with E-state index in [2.05, 4.69) is 5.32 Å². The van der Waals surface area contributed by atoms with Gasteiger partial charge in [0.15, 0.2) is 6.29 Å². The van der Waals surface area contributed by atoms with Gasteiger partial charge in [-0.1, -0.05) is 36.4 Å². The molecule has 0 spiro atoms. The Morgan fingerprint density at radius 1 is 1.00 bits per heavy atom. The molecule has 0 bridgehead atoms. The van der Waals surface area contributed by atoms with Crippen LogP contribution in [0.3, 0.4) is 0 Å². The Balaban J connectivity index is 2.10. The van der Waals surface area contributed by atoms with Gasteiger partial charge < -0.3 is 24.4 Å². The first-order valence-corrected chi connectivity index (χ1v) is 10.0. The first kappa shape index (κ1) is 22.7. The van der Waals surface area contributed by atoms with Gasteiger partial charge in [-0.05, 0) is 39.0 Å². The quantitative estimate of drug-likeness (QED) is 0.550. The van der Waals surface area contributed by atoms with Crippen LogP contribution in [0.15, 0.2) is 54.6 Å². The van der Waals surface area contributed by atoms with Crippen molar-refractivity contribution in [2.75, 3.05) is 38.3 Å². The number of anilines is 1. The second-order valence-electron chi connectivity index (χ2n) is 6.59. The van der Waals surface area contributed by atoms with E-state index in [0.717, 1.165) is 17.0 Å². The first-order valence-electron chi connectivity index (χ1n) is 10.0. The summed E-state index contributed by atoms with van der Waals surface area (Å²) in [5, 5.41) is 3.07. The predicted molar refractivity (Wildman–Crippen MR) is 115 cm³/mol. The normalized spacial score (nSPS) is 11.9. The average molecular weight is 401 g/mol. The minimum Gasteiger partial charge on any atom is -0.496 e. The van der Waals surface area contributed by atoms with E-state index in [9.17, 15) is 4.79 Å². The van der Waals surface area contributed by atoms with E-state index < -0.39 is 6.29 Å². The predicted octanol–water partition coefficient (Wildman–Crippen LogP) is 3.78. The number of amides is 1.